The first-order valence-corrected chi connectivity index (χ1v) is 6.55. The summed E-state index contributed by atoms with van der Waals surface area (Å²) in [7, 11) is 0. The molecule has 0 saturated carbocycles. The van der Waals surface area contributed by atoms with Gasteiger partial charge in [-0.2, -0.15) is 4.99 Å². The average molecular weight is 461 g/mol. The quantitative estimate of drug-likeness (QED) is 0.526. The van der Waals surface area contributed by atoms with Crippen molar-refractivity contribution < 1.29 is 4.79 Å². The van der Waals surface area contributed by atoms with Gasteiger partial charge in [0.1, 0.15) is 12.7 Å². The average Bonchev–Trinajstić information content (AvgIpc) is 2.80. The summed E-state index contributed by atoms with van der Waals surface area (Å²) >= 11 is 6.77. The molecule has 0 aliphatic carbocycles. The second-order valence-electron chi connectivity index (χ2n) is 3.50. The molecule has 114 valence electrons. The third-order valence-corrected chi connectivity index (χ3v) is 3.38. The van der Waals surface area contributed by atoms with Crippen molar-refractivity contribution in [3.63, 3.8) is 0 Å². The molecule has 2 aromatic rings. The molecule has 2 rings (SSSR count). The van der Waals surface area contributed by atoms with Crippen molar-refractivity contribution in [2.75, 3.05) is 0 Å². The molecule has 0 saturated heterocycles. The van der Waals surface area contributed by atoms with Gasteiger partial charge in [0, 0.05) is 14.5 Å². The Morgan fingerprint density at radius 1 is 1.10 bits per heavy atom. The molecular weight excluding hydrogens is 451 g/mol. The minimum absolute atomic E-state index is 0. The van der Waals surface area contributed by atoms with Gasteiger partial charge in [-0.15, -0.1) is 35.0 Å². The van der Waals surface area contributed by atoms with Gasteiger partial charge in [-0.1, -0.05) is 0 Å². The molecule has 1 aromatic carbocycles. The van der Waals surface area contributed by atoms with Crippen molar-refractivity contribution in [1.82, 2.24) is 14.8 Å². The lowest BCUT2D eigenvalue weighted by atomic mass is 10.2. The van der Waals surface area contributed by atoms with Crippen LogP contribution in [0, 0.1) is 0 Å². The minimum Gasteiger partial charge on any atom is -0.370 e. The van der Waals surface area contributed by atoms with E-state index in [-0.39, 0.29) is 30.8 Å². The summed E-state index contributed by atoms with van der Waals surface area (Å²) in [6.45, 7) is 0. The zero-order valence-corrected chi connectivity index (χ0v) is 15.0. The first-order chi connectivity index (χ1) is 8.99. The van der Waals surface area contributed by atoms with E-state index in [0.717, 1.165) is 5.69 Å². The van der Waals surface area contributed by atoms with Gasteiger partial charge in [0.15, 0.2) is 5.96 Å². The van der Waals surface area contributed by atoms with E-state index in [9.17, 15) is 4.79 Å². The Kier molecular flexibility index (Phi) is 7.86. The Bertz CT molecular complexity index is 635. The summed E-state index contributed by atoms with van der Waals surface area (Å²) in [5, 5.41) is 7.45. The minimum atomic E-state index is -0.517. The molecule has 0 radical (unpaired) electrons. The van der Waals surface area contributed by atoms with Crippen LogP contribution in [0.25, 0.3) is 5.69 Å². The van der Waals surface area contributed by atoms with E-state index in [1.54, 1.807) is 29.4 Å². The summed E-state index contributed by atoms with van der Waals surface area (Å²) in [5.41, 5.74) is 11.5. The lowest BCUT2D eigenvalue weighted by molar-refractivity contribution is 0.100. The van der Waals surface area contributed by atoms with Crippen molar-refractivity contribution in [3.8, 4) is 5.69 Å². The van der Waals surface area contributed by atoms with Gasteiger partial charge < -0.3 is 11.5 Å². The molecule has 0 aliphatic rings. The normalized spacial score (nSPS) is 9.24. The third-order valence-electron chi connectivity index (χ3n) is 2.17. The summed E-state index contributed by atoms with van der Waals surface area (Å²) in [6.07, 6.45) is 3.09. The number of aromatic nitrogens is 3. The summed E-state index contributed by atoms with van der Waals surface area (Å²) < 4.78 is 3.05. The lowest BCUT2D eigenvalue weighted by Crippen LogP contribution is -2.24. The monoisotopic (exact) mass is 458 g/mol. The van der Waals surface area contributed by atoms with Gasteiger partial charge in [-0.25, -0.2) is 0 Å². The van der Waals surface area contributed by atoms with Gasteiger partial charge in [0.05, 0.1) is 5.69 Å². The van der Waals surface area contributed by atoms with Gasteiger partial charge in [-0.3, -0.25) is 9.36 Å². The van der Waals surface area contributed by atoms with E-state index in [1.807, 2.05) is 0 Å². The fourth-order valence-corrected chi connectivity index (χ4v) is 3.03. The molecule has 0 aliphatic heterocycles. The van der Waals surface area contributed by atoms with Crippen molar-refractivity contribution in [1.29, 1.82) is 0 Å². The van der Waals surface area contributed by atoms with Gasteiger partial charge in [0.25, 0.3) is 5.91 Å². The van der Waals surface area contributed by atoms with E-state index in [1.165, 1.54) is 0 Å². The maximum Gasteiger partial charge on any atom is 0.280 e. The second kappa shape index (κ2) is 8.32. The number of rotatable bonds is 2. The summed E-state index contributed by atoms with van der Waals surface area (Å²) in [6, 6.07) is 3.24. The predicted molar refractivity (Wildman–Crippen MR) is 91.4 cm³/mol. The van der Waals surface area contributed by atoms with Crippen molar-refractivity contribution >= 4 is 68.5 Å². The number of nitrogens with two attached hydrogens (primary N) is 2. The number of guanidine groups is 1. The van der Waals surface area contributed by atoms with Crippen molar-refractivity contribution in [2.45, 2.75) is 0 Å². The van der Waals surface area contributed by atoms with E-state index in [0.29, 0.717) is 14.5 Å². The number of nitrogens with zero attached hydrogens (tertiary/aromatic N) is 4. The maximum atomic E-state index is 11.7. The highest BCUT2D eigenvalue weighted by molar-refractivity contribution is 9.11. The number of carbonyl (C=O) groups excluding carboxylic acids is 1. The second-order valence-corrected chi connectivity index (χ2v) is 5.21. The molecule has 1 heterocycles. The Labute approximate surface area is 149 Å². The van der Waals surface area contributed by atoms with Crippen molar-refractivity contribution in [2.24, 2.45) is 16.5 Å². The standard InChI is InChI=1S/C10H8Br2N6O.2ClH/c11-6-1-5(9(19)17-10(13)14)2-7(12)8(6)18-3-15-16-4-18;;/h1-4H,(H4,13,14,17,19);2*1H. The fraction of sp³-hybridized carbons (Fsp3) is 0. The highest BCUT2D eigenvalue weighted by Crippen LogP contribution is 2.30. The smallest absolute Gasteiger partial charge is 0.280 e. The number of aliphatic imine (C=N–C) groups is 1. The number of amides is 1. The number of hydrogen-bond acceptors (Lipinski definition) is 3. The van der Waals surface area contributed by atoms with Crippen LogP contribution >= 0.6 is 56.7 Å². The van der Waals surface area contributed by atoms with Gasteiger partial charge >= 0.3 is 0 Å². The molecule has 0 bridgehead atoms. The Hall–Kier alpha value is -1.16. The molecule has 0 fully saturated rings. The Morgan fingerprint density at radius 3 is 2.00 bits per heavy atom. The van der Waals surface area contributed by atoms with Crippen LogP contribution in [-0.2, 0) is 0 Å². The molecule has 0 spiro atoms. The topological polar surface area (TPSA) is 112 Å². The first-order valence-electron chi connectivity index (χ1n) is 4.97. The number of carbonyl (C=O) groups is 1. The SMILES string of the molecule is Cl.Cl.NC(N)=NC(=O)c1cc(Br)c(-n2cnnc2)c(Br)c1. The molecule has 11 heteroatoms. The van der Waals surface area contributed by atoms with Crippen LogP contribution in [0.4, 0.5) is 0 Å². The number of hydrogen-bond donors (Lipinski definition) is 2. The van der Waals surface area contributed by atoms with E-state index < -0.39 is 5.91 Å². The highest BCUT2D eigenvalue weighted by Gasteiger charge is 2.13. The van der Waals surface area contributed by atoms with Crippen molar-refractivity contribution in [3.05, 3.63) is 39.3 Å². The van der Waals surface area contributed by atoms with Crippen LogP contribution in [0.1, 0.15) is 10.4 Å². The maximum absolute atomic E-state index is 11.7. The summed E-state index contributed by atoms with van der Waals surface area (Å²) in [5.74, 6) is -0.795. The van der Waals surface area contributed by atoms with Crippen LogP contribution in [0.15, 0.2) is 38.7 Å². The predicted octanol–water partition coefficient (Wildman–Crippen LogP) is 2.05. The lowest BCUT2D eigenvalue weighted by Gasteiger charge is -2.09. The van der Waals surface area contributed by atoms with Crippen LogP contribution < -0.4 is 11.5 Å². The molecule has 0 unspecified atom stereocenters. The van der Waals surface area contributed by atoms with Gasteiger partial charge in [-0.05, 0) is 44.0 Å². The molecule has 0 atom stereocenters. The number of halogens is 4. The van der Waals surface area contributed by atoms with E-state index in [4.69, 9.17) is 11.5 Å². The fourth-order valence-electron chi connectivity index (χ4n) is 1.43. The first kappa shape index (κ1) is 19.8. The van der Waals surface area contributed by atoms with Gasteiger partial charge in [0.2, 0.25) is 0 Å². The van der Waals surface area contributed by atoms with Crippen LogP contribution in [-0.4, -0.2) is 26.6 Å². The number of benzene rings is 1. The van der Waals surface area contributed by atoms with Crippen LogP contribution in [0.5, 0.6) is 0 Å². The molecule has 4 N–H and O–H groups in total. The van der Waals surface area contributed by atoms with E-state index in [2.05, 4.69) is 47.0 Å². The molecule has 1 aromatic heterocycles. The molecule has 21 heavy (non-hydrogen) atoms. The third kappa shape index (κ3) is 4.67. The Balaban J connectivity index is 0.00000200. The van der Waals surface area contributed by atoms with Crippen LogP contribution in [0.3, 0.4) is 0 Å². The summed E-state index contributed by atoms with van der Waals surface area (Å²) in [4.78, 5) is 15.2. The molecule has 7 nitrogen and oxygen atoms in total. The zero-order chi connectivity index (χ0) is 14.0. The van der Waals surface area contributed by atoms with E-state index >= 15 is 0 Å². The Morgan fingerprint density at radius 2 is 1.57 bits per heavy atom. The highest BCUT2D eigenvalue weighted by atomic mass is 79.9. The zero-order valence-electron chi connectivity index (χ0n) is 10.2. The largest absolute Gasteiger partial charge is 0.370 e. The molecular formula is C10H10Br2Cl2N6O. The molecule has 1 amide bonds. The van der Waals surface area contributed by atoms with Crippen LogP contribution in [0.2, 0.25) is 0 Å².